The van der Waals surface area contributed by atoms with Crippen molar-refractivity contribution in [2.75, 3.05) is 0 Å². The molecular formula is C11H11F2NS. The van der Waals surface area contributed by atoms with Crippen LogP contribution in [-0.2, 0) is 0 Å². The van der Waals surface area contributed by atoms with Gasteiger partial charge < -0.3 is 0 Å². The Morgan fingerprint density at radius 2 is 2.00 bits per heavy atom. The number of aromatic nitrogens is 1. The van der Waals surface area contributed by atoms with Crippen molar-refractivity contribution in [3.8, 4) is 0 Å². The average Bonchev–Trinajstić information content (AvgIpc) is 2.53. The van der Waals surface area contributed by atoms with Crippen LogP contribution in [0.5, 0.6) is 0 Å². The molecule has 0 aliphatic carbocycles. The summed E-state index contributed by atoms with van der Waals surface area (Å²) in [5, 5.41) is 0.761. The van der Waals surface area contributed by atoms with Crippen molar-refractivity contribution in [1.82, 2.24) is 4.98 Å². The maximum absolute atomic E-state index is 13.5. The third kappa shape index (κ3) is 1.63. The quantitative estimate of drug-likeness (QED) is 0.717. The fourth-order valence-electron chi connectivity index (χ4n) is 1.59. The van der Waals surface area contributed by atoms with E-state index < -0.39 is 11.6 Å². The SMILES string of the molecule is Cc1nc2c(C(C)C)cc(F)c(F)c2s1. The topological polar surface area (TPSA) is 12.9 Å². The molecule has 0 bridgehead atoms. The van der Waals surface area contributed by atoms with Crippen LogP contribution in [0.25, 0.3) is 10.2 Å². The molecule has 2 aromatic rings. The molecular weight excluding hydrogens is 216 g/mol. The van der Waals surface area contributed by atoms with Crippen LogP contribution in [0.3, 0.4) is 0 Å². The summed E-state index contributed by atoms with van der Waals surface area (Å²) in [6, 6.07) is 1.25. The molecule has 0 aliphatic heterocycles. The average molecular weight is 227 g/mol. The lowest BCUT2D eigenvalue weighted by atomic mass is 10.0. The zero-order valence-corrected chi connectivity index (χ0v) is 9.58. The second-order valence-electron chi connectivity index (χ2n) is 3.83. The Morgan fingerprint density at radius 1 is 1.33 bits per heavy atom. The molecule has 2 rings (SSSR count). The minimum Gasteiger partial charge on any atom is -0.241 e. The molecule has 0 amide bonds. The van der Waals surface area contributed by atoms with Crippen LogP contribution < -0.4 is 0 Å². The van der Waals surface area contributed by atoms with Crippen molar-refractivity contribution in [3.05, 3.63) is 28.3 Å². The summed E-state index contributed by atoms with van der Waals surface area (Å²) in [4.78, 5) is 4.25. The molecule has 0 atom stereocenters. The molecule has 80 valence electrons. The van der Waals surface area contributed by atoms with Gasteiger partial charge in [0.1, 0.15) is 0 Å². The molecule has 0 saturated carbocycles. The van der Waals surface area contributed by atoms with E-state index in [2.05, 4.69) is 4.98 Å². The van der Waals surface area contributed by atoms with Gasteiger partial charge in [0.2, 0.25) is 0 Å². The number of halogens is 2. The Labute approximate surface area is 90.8 Å². The van der Waals surface area contributed by atoms with Gasteiger partial charge in [0.05, 0.1) is 15.2 Å². The van der Waals surface area contributed by atoms with Gasteiger partial charge in [-0.05, 0) is 24.5 Å². The maximum atomic E-state index is 13.5. The van der Waals surface area contributed by atoms with Crippen LogP contribution in [0.4, 0.5) is 8.78 Å². The summed E-state index contributed by atoms with van der Waals surface area (Å²) in [5.41, 5.74) is 1.37. The zero-order chi connectivity index (χ0) is 11.2. The van der Waals surface area contributed by atoms with Gasteiger partial charge in [-0.3, -0.25) is 0 Å². The number of nitrogens with zero attached hydrogens (tertiary/aromatic N) is 1. The van der Waals surface area contributed by atoms with E-state index in [-0.39, 0.29) is 5.92 Å². The summed E-state index contributed by atoms with van der Waals surface area (Å²) < 4.78 is 27.1. The molecule has 1 heterocycles. The van der Waals surface area contributed by atoms with Gasteiger partial charge in [0.15, 0.2) is 11.6 Å². The van der Waals surface area contributed by atoms with Gasteiger partial charge in [-0.25, -0.2) is 13.8 Å². The second-order valence-corrected chi connectivity index (χ2v) is 5.03. The molecule has 1 nitrogen and oxygen atoms in total. The van der Waals surface area contributed by atoms with E-state index in [0.717, 1.165) is 10.6 Å². The van der Waals surface area contributed by atoms with Crippen LogP contribution >= 0.6 is 11.3 Å². The molecule has 0 spiro atoms. The monoisotopic (exact) mass is 227 g/mol. The van der Waals surface area contributed by atoms with Crippen LogP contribution in [-0.4, -0.2) is 4.98 Å². The Kier molecular flexibility index (Phi) is 2.46. The number of benzene rings is 1. The lowest BCUT2D eigenvalue weighted by Gasteiger charge is -2.06. The Balaban J connectivity index is 2.87. The van der Waals surface area contributed by atoms with Crippen LogP contribution in [0.2, 0.25) is 0 Å². The first-order chi connectivity index (χ1) is 7.00. The number of hydrogen-bond acceptors (Lipinski definition) is 2. The predicted octanol–water partition coefficient (Wildman–Crippen LogP) is 4.01. The standard InChI is InChI=1S/C11H11F2NS/c1-5(2)7-4-8(12)9(13)11-10(7)14-6(3)15-11/h4-5H,1-3H3. The number of fused-ring (bicyclic) bond motifs is 1. The minimum atomic E-state index is -0.783. The predicted molar refractivity (Wildman–Crippen MR) is 58.4 cm³/mol. The van der Waals surface area contributed by atoms with Gasteiger partial charge in [0.25, 0.3) is 0 Å². The Hall–Kier alpha value is -1.03. The van der Waals surface area contributed by atoms with Gasteiger partial charge in [-0.1, -0.05) is 13.8 Å². The molecule has 0 aliphatic rings. The van der Waals surface area contributed by atoms with E-state index in [1.807, 2.05) is 13.8 Å². The molecule has 15 heavy (non-hydrogen) atoms. The van der Waals surface area contributed by atoms with Crippen molar-refractivity contribution < 1.29 is 8.78 Å². The van der Waals surface area contributed by atoms with Crippen LogP contribution in [0.1, 0.15) is 30.3 Å². The first-order valence-corrected chi connectivity index (χ1v) is 5.57. The highest BCUT2D eigenvalue weighted by atomic mass is 32.1. The fraction of sp³-hybridized carbons (Fsp3) is 0.364. The van der Waals surface area contributed by atoms with Gasteiger partial charge in [-0.15, -0.1) is 11.3 Å². The van der Waals surface area contributed by atoms with E-state index in [1.54, 1.807) is 6.92 Å². The summed E-state index contributed by atoms with van der Waals surface area (Å²) in [7, 11) is 0. The molecule has 0 unspecified atom stereocenters. The smallest absolute Gasteiger partial charge is 0.178 e. The minimum absolute atomic E-state index is 0.143. The normalized spacial score (nSPS) is 11.6. The molecule has 0 N–H and O–H groups in total. The Bertz CT molecular complexity index is 517. The first kappa shape index (κ1) is 10.5. The van der Waals surface area contributed by atoms with Crippen molar-refractivity contribution in [3.63, 3.8) is 0 Å². The number of thiazole rings is 1. The van der Waals surface area contributed by atoms with E-state index in [0.29, 0.717) is 10.2 Å². The number of aryl methyl sites for hydroxylation is 1. The fourth-order valence-corrected chi connectivity index (χ4v) is 2.47. The third-order valence-corrected chi connectivity index (χ3v) is 3.28. The van der Waals surface area contributed by atoms with Gasteiger partial charge >= 0.3 is 0 Å². The van der Waals surface area contributed by atoms with Crippen molar-refractivity contribution >= 4 is 21.6 Å². The third-order valence-electron chi connectivity index (χ3n) is 2.32. The number of hydrogen-bond donors (Lipinski definition) is 0. The molecule has 0 radical (unpaired) electrons. The zero-order valence-electron chi connectivity index (χ0n) is 8.77. The molecule has 0 saturated heterocycles. The number of rotatable bonds is 1. The highest BCUT2D eigenvalue weighted by Gasteiger charge is 2.17. The van der Waals surface area contributed by atoms with Gasteiger partial charge in [-0.2, -0.15) is 0 Å². The van der Waals surface area contributed by atoms with E-state index >= 15 is 0 Å². The summed E-state index contributed by atoms with van der Waals surface area (Å²) >= 11 is 1.20. The highest BCUT2D eigenvalue weighted by Crippen LogP contribution is 2.32. The summed E-state index contributed by atoms with van der Waals surface area (Å²) in [6.07, 6.45) is 0. The van der Waals surface area contributed by atoms with Gasteiger partial charge in [0, 0.05) is 0 Å². The highest BCUT2D eigenvalue weighted by molar-refractivity contribution is 7.18. The van der Waals surface area contributed by atoms with Crippen molar-refractivity contribution in [2.24, 2.45) is 0 Å². The largest absolute Gasteiger partial charge is 0.241 e. The molecule has 0 fully saturated rings. The molecule has 1 aromatic heterocycles. The second kappa shape index (κ2) is 3.52. The summed E-state index contributed by atoms with van der Waals surface area (Å²) in [6.45, 7) is 5.69. The van der Waals surface area contributed by atoms with E-state index in [4.69, 9.17) is 0 Å². The summed E-state index contributed by atoms with van der Waals surface area (Å²) in [5.74, 6) is -1.42. The lowest BCUT2D eigenvalue weighted by molar-refractivity contribution is 0.516. The van der Waals surface area contributed by atoms with E-state index in [9.17, 15) is 8.78 Å². The Morgan fingerprint density at radius 3 is 2.60 bits per heavy atom. The van der Waals surface area contributed by atoms with Crippen molar-refractivity contribution in [1.29, 1.82) is 0 Å². The lowest BCUT2D eigenvalue weighted by Crippen LogP contribution is -1.94. The first-order valence-electron chi connectivity index (χ1n) is 4.75. The van der Waals surface area contributed by atoms with E-state index in [1.165, 1.54) is 17.4 Å². The molecule has 1 aromatic carbocycles. The maximum Gasteiger partial charge on any atom is 0.178 e. The van der Waals surface area contributed by atoms with Crippen molar-refractivity contribution in [2.45, 2.75) is 26.7 Å². The molecule has 4 heteroatoms. The van der Waals surface area contributed by atoms with Crippen LogP contribution in [0.15, 0.2) is 6.07 Å². The van der Waals surface area contributed by atoms with Crippen LogP contribution in [0, 0.1) is 18.6 Å².